The van der Waals surface area contributed by atoms with E-state index in [2.05, 4.69) is 0 Å². The summed E-state index contributed by atoms with van der Waals surface area (Å²) in [4.78, 5) is 5.17. The van der Waals surface area contributed by atoms with Crippen LogP contribution in [0.2, 0.25) is 0 Å². The Kier molecular flexibility index (Phi) is 6.14. The van der Waals surface area contributed by atoms with E-state index >= 15 is 0 Å². The molecule has 1 aromatic heterocycles. The predicted molar refractivity (Wildman–Crippen MR) is 134 cm³/mol. The van der Waals surface area contributed by atoms with Gasteiger partial charge in [0.2, 0.25) is 0 Å². The van der Waals surface area contributed by atoms with Gasteiger partial charge in [0.25, 0.3) is 0 Å². The molecule has 2 saturated heterocycles. The van der Waals surface area contributed by atoms with Crippen LogP contribution in [-0.2, 0) is 26.0 Å². The number of rotatable bonds is 2. The average Bonchev–Trinajstić information content (AvgIpc) is 3.23. The van der Waals surface area contributed by atoms with E-state index < -0.39 is 35.7 Å². The van der Waals surface area contributed by atoms with Crippen molar-refractivity contribution < 1.29 is 37.6 Å². The monoisotopic (exact) mass is 545 g/mol. The van der Waals surface area contributed by atoms with Gasteiger partial charge in [-0.25, -0.2) is 0 Å². The maximum Gasteiger partial charge on any atom is 0.416 e. The molecule has 2 aliphatic carbocycles. The number of aliphatic hydroxyl groups is 2. The third-order valence-corrected chi connectivity index (χ3v) is 9.96. The second-order valence-corrected chi connectivity index (χ2v) is 12.0. The van der Waals surface area contributed by atoms with Gasteiger partial charge in [0.15, 0.2) is 0 Å². The number of halogens is 3. The number of aliphatic hydroxyl groups excluding tert-OH is 2. The minimum absolute atomic E-state index is 0.0666. The van der Waals surface area contributed by atoms with E-state index in [-0.39, 0.29) is 11.3 Å². The van der Waals surface area contributed by atoms with Gasteiger partial charge in [-0.3, -0.25) is 4.98 Å². The molecule has 4 heterocycles. The summed E-state index contributed by atoms with van der Waals surface area (Å²) in [6.07, 6.45) is -0.737. The highest BCUT2D eigenvalue weighted by Crippen LogP contribution is 2.63. The highest BCUT2D eigenvalue weighted by atomic mass is 19.4. The van der Waals surface area contributed by atoms with Crippen molar-refractivity contribution in [2.75, 3.05) is 26.4 Å². The Hall–Kier alpha value is -2.04. The number of alkyl halides is 3. The molecule has 7 rings (SSSR count). The van der Waals surface area contributed by atoms with Crippen molar-refractivity contribution >= 4 is 0 Å². The number of aromatic nitrogens is 1. The lowest BCUT2D eigenvalue weighted by Crippen LogP contribution is -2.43. The molecule has 0 radical (unpaired) electrons. The fourth-order valence-electron chi connectivity index (χ4n) is 7.73. The molecular weight excluding hydrogens is 511 g/mol. The highest BCUT2D eigenvalue weighted by molar-refractivity contribution is 5.55. The highest BCUT2D eigenvalue weighted by Gasteiger charge is 2.56. The first-order chi connectivity index (χ1) is 18.7. The molecule has 3 atom stereocenters. The Morgan fingerprint density at radius 2 is 1.51 bits per heavy atom. The third-order valence-electron chi connectivity index (χ3n) is 9.96. The molecule has 9 heteroatoms. The summed E-state index contributed by atoms with van der Waals surface area (Å²) >= 11 is 0. The number of pyridine rings is 1. The van der Waals surface area contributed by atoms with E-state index in [9.17, 15) is 23.4 Å². The summed E-state index contributed by atoms with van der Waals surface area (Å²) in [5, 5.41) is 23.4. The lowest BCUT2D eigenvalue weighted by atomic mass is 9.57. The topological polar surface area (TPSA) is 81.0 Å². The lowest BCUT2D eigenvalue weighted by molar-refractivity contribution is -0.137. The van der Waals surface area contributed by atoms with E-state index in [4.69, 9.17) is 19.2 Å². The quantitative estimate of drug-likeness (QED) is 0.500. The fraction of sp³-hybridized carbons (Fsp3) is 0.633. The van der Waals surface area contributed by atoms with E-state index in [0.717, 1.165) is 61.1 Å². The number of hydrogen-bond donors (Lipinski definition) is 2. The molecule has 1 unspecified atom stereocenters. The molecule has 1 saturated carbocycles. The Labute approximate surface area is 225 Å². The van der Waals surface area contributed by atoms with Crippen molar-refractivity contribution in [3.8, 4) is 0 Å². The SMILES string of the molecule is OC1CC2(CCC2)[C@@H](O)c2nc(C3CCOCC3)c3c(c21)C1(CCOCC1)O[C@@H]3c1ccc(C(F)(F)F)cc1. The first-order valence-electron chi connectivity index (χ1n) is 14.2. The summed E-state index contributed by atoms with van der Waals surface area (Å²) < 4.78 is 58.4. The van der Waals surface area contributed by atoms with Crippen LogP contribution < -0.4 is 0 Å². The van der Waals surface area contributed by atoms with Crippen LogP contribution in [0.25, 0.3) is 0 Å². The smallest absolute Gasteiger partial charge is 0.388 e. The molecule has 0 bridgehead atoms. The minimum atomic E-state index is -4.43. The first-order valence-corrected chi connectivity index (χ1v) is 14.2. The van der Waals surface area contributed by atoms with Gasteiger partial charge in [-0.05, 0) is 55.4 Å². The normalized spacial score (nSPS) is 29.7. The third kappa shape index (κ3) is 3.99. The number of benzene rings is 1. The molecule has 6 nitrogen and oxygen atoms in total. The summed E-state index contributed by atoms with van der Waals surface area (Å²) in [7, 11) is 0. The zero-order chi connectivity index (χ0) is 27.0. The van der Waals surface area contributed by atoms with Crippen LogP contribution in [0.4, 0.5) is 13.2 Å². The van der Waals surface area contributed by atoms with Gasteiger partial charge in [-0.15, -0.1) is 0 Å². The molecule has 5 aliphatic rings. The Morgan fingerprint density at radius 1 is 0.846 bits per heavy atom. The van der Waals surface area contributed by atoms with Crippen LogP contribution in [0.1, 0.15) is 115 Å². The minimum Gasteiger partial charge on any atom is -0.388 e. The zero-order valence-electron chi connectivity index (χ0n) is 21.8. The molecule has 39 heavy (non-hydrogen) atoms. The van der Waals surface area contributed by atoms with Gasteiger partial charge in [0, 0.05) is 61.7 Å². The molecule has 2 aromatic rings. The van der Waals surface area contributed by atoms with Crippen LogP contribution in [0.15, 0.2) is 24.3 Å². The second-order valence-electron chi connectivity index (χ2n) is 12.0. The number of nitrogens with zero attached hydrogens (tertiary/aromatic N) is 1. The number of ether oxygens (including phenoxy) is 3. The molecule has 3 aliphatic heterocycles. The molecule has 3 fully saturated rings. The van der Waals surface area contributed by atoms with Crippen molar-refractivity contribution in [3.63, 3.8) is 0 Å². The number of fused-ring (bicyclic) bond motifs is 4. The van der Waals surface area contributed by atoms with Crippen LogP contribution in [0.3, 0.4) is 0 Å². The summed E-state index contributed by atoms with van der Waals surface area (Å²) in [6, 6.07) is 5.20. The maximum atomic E-state index is 13.4. The molecule has 210 valence electrons. The van der Waals surface area contributed by atoms with Crippen molar-refractivity contribution in [2.45, 2.75) is 87.4 Å². The number of hydrogen-bond acceptors (Lipinski definition) is 6. The van der Waals surface area contributed by atoms with Crippen LogP contribution in [0, 0.1) is 5.41 Å². The molecular formula is C30H34F3NO5. The van der Waals surface area contributed by atoms with Crippen molar-refractivity contribution in [1.29, 1.82) is 0 Å². The van der Waals surface area contributed by atoms with E-state index in [0.29, 0.717) is 62.5 Å². The Bertz CT molecular complexity index is 1250. The molecule has 2 N–H and O–H groups in total. The van der Waals surface area contributed by atoms with E-state index in [1.165, 1.54) is 12.1 Å². The van der Waals surface area contributed by atoms with Gasteiger partial charge in [0.05, 0.1) is 28.7 Å². The Balaban J connectivity index is 1.45. The van der Waals surface area contributed by atoms with E-state index in [1.807, 2.05) is 0 Å². The van der Waals surface area contributed by atoms with Gasteiger partial charge >= 0.3 is 6.18 Å². The van der Waals surface area contributed by atoms with Gasteiger partial charge < -0.3 is 24.4 Å². The van der Waals surface area contributed by atoms with Crippen molar-refractivity contribution in [1.82, 2.24) is 4.98 Å². The maximum absolute atomic E-state index is 13.4. The second kappa shape index (κ2) is 9.24. The Morgan fingerprint density at radius 3 is 2.13 bits per heavy atom. The van der Waals surface area contributed by atoms with Crippen LogP contribution in [-0.4, -0.2) is 41.6 Å². The molecule has 0 amide bonds. The van der Waals surface area contributed by atoms with Crippen molar-refractivity contribution in [3.05, 3.63) is 63.5 Å². The van der Waals surface area contributed by atoms with Crippen LogP contribution in [0.5, 0.6) is 0 Å². The van der Waals surface area contributed by atoms with Gasteiger partial charge in [-0.2, -0.15) is 13.2 Å². The van der Waals surface area contributed by atoms with Gasteiger partial charge in [-0.1, -0.05) is 18.6 Å². The zero-order valence-corrected chi connectivity index (χ0v) is 21.8. The summed E-state index contributed by atoms with van der Waals surface area (Å²) in [6.45, 7) is 2.15. The van der Waals surface area contributed by atoms with Crippen molar-refractivity contribution in [2.24, 2.45) is 5.41 Å². The van der Waals surface area contributed by atoms with Gasteiger partial charge in [0.1, 0.15) is 12.2 Å². The lowest BCUT2D eigenvalue weighted by Gasteiger charge is -2.51. The summed E-state index contributed by atoms with van der Waals surface area (Å²) in [5.74, 6) is 0.0666. The average molecular weight is 546 g/mol. The first kappa shape index (κ1) is 25.9. The van der Waals surface area contributed by atoms with E-state index in [1.54, 1.807) is 0 Å². The fourth-order valence-corrected chi connectivity index (χ4v) is 7.73. The van der Waals surface area contributed by atoms with Crippen LogP contribution >= 0.6 is 0 Å². The standard InChI is InChI=1S/C30H34F3NO5/c31-30(32,33)19-4-2-18(3-5-19)26-22-23(29(39-26)10-14-38-15-11-29)21-20(35)16-28(8-1-9-28)27(36)25(21)34-24(22)17-6-12-37-13-7-17/h2-5,17,20,26-27,35-36H,1,6-16H2/t20?,26-,27+/m1/s1. The molecule has 1 aromatic carbocycles. The molecule has 2 spiro atoms. The largest absolute Gasteiger partial charge is 0.416 e. The predicted octanol–water partition coefficient (Wildman–Crippen LogP) is 5.76. The summed E-state index contributed by atoms with van der Waals surface area (Å²) in [5.41, 5.74) is 2.63.